The van der Waals surface area contributed by atoms with Gasteiger partial charge in [0, 0.05) is 0 Å². The smallest absolute Gasteiger partial charge is 0.341 e. The van der Waals surface area contributed by atoms with E-state index >= 15 is 0 Å². The van der Waals surface area contributed by atoms with E-state index in [0.29, 0.717) is 15.4 Å². The van der Waals surface area contributed by atoms with Gasteiger partial charge in [-0.15, -0.1) is 11.3 Å². The summed E-state index contributed by atoms with van der Waals surface area (Å²) in [6.45, 7) is 8.89. The number of amides is 1. The molecule has 142 valence electrons. The Morgan fingerprint density at radius 1 is 1.31 bits per heavy atom. The van der Waals surface area contributed by atoms with Crippen molar-refractivity contribution in [1.29, 1.82) is 0 Å². The highest BCUT2D eigenvalue weighted by molar-refractivity contribution is 7.18. The van der Waals surface area contributed by atoms with Crippen LogP contribution in [0.3, 0.4) is 0 Å². The van der Waals surface area contributed by atoms with Crippen LogP contribution in [-0.4, -0.2) is 24.3 Å². The van der Waals surface area contributed by atoms with Gasteiger partial charge in [0.25, 0.3) is 0 Å². The molecular formula is C18H21Cl2NO4S. The molecule has 0 radical (unpaired) electrons. The molecule has 0 aromatic carbocycles. The van der Waals surface area contributed by atoms with Gasteiger partial charge in [-0.3, -0.25) is 9.59 Å². The predicted molar refractivity (Wildman–Crippen MR) is 104 cm³/mol. The van der Waals surface area contributed by atoms with Crippen LogP contribution in [-0.2, 0) is 9.53 Å². The average Bonchev–Trinajstić information content (AvgIpc) is 2.87. The van der Waals surface area contributed by atoms with Crippen molar-refractivity contribution < 1.29 is 19.1 Å². The molecule has 0 bridgehead atoms. The molecule has 2 atom stereocenters. The average molecular weight is 418 g/mol. The molecule has 5 nitrogen and oxygen atoms in total. The van der Waals surface area contributed by atoms with E-state index in [1.165, 1.54) is 6.92 Å². The van der Waals surface area contributed by atoms with Crippen molar-refractivity contribution in [2.75, 3.05) is 11.9 Å². The summed E-state index contributed by atoms with van der Waals surface area (Å²) in [6.07, 6.45) is 1.65. The SMILES string of the molecule is CCOC(=O)c1c(NC(=O)[C@@H]2[C@@H](C=C(Cl)Cl)C2(C)C)sc(C(C)=O)c1C. The first kappa shape index (κ1) is 20.9. The van der Waals surface area contributed by atoms with Crippen molar-refractivity contribution in [3.05, 3.63) is 26.6 Å². The number of ketones is 1. The van der Waals surface area contributed by atoms with Crippen molar-refractivity contribution in [3.63, 3.8) is 0 Å². The first-order chi connectivity index (χ1) is 12.0. The fourth-order valence-corrected chi connectivity index (χ4v) is 4.57. The Labute approximate surface area is 166 Å². The lowest BCUT2D eigenvalue weighted by molar-refractivity contribution is -0.118. The van der Waals surface area contributed by atoms with Crippen molar-refractivity contribution in [3.8, 4) is 0 Å². The maximum absolute atomic E-state index is 12.7. The molecule has 1 fully saturated rings. The van der Waals surface area contributed by atoms with Crippen molar-refractivity contribution in [1.82, 2.24) is 0 Å². The Hall–Kier alpha value is -1.37. The number of esters is 1. The highest BCUT2D eigenvalue weighted by Gasteiger charge is 2.60. The van der Waals surface area contributed by atoms with Crippen molar-refractivity contribution >= 4 is 57.2 Å². The lowest BCUT2D eigenvalue weighted by atomic mass is 10.1. The molecule has 0 saturated heterocycles. The van der Waals surface area contributed by atoms with Crippen LogP contribution in [0.1, 0.15) is 53.3 Å². The first-order valence-corrected chi connectivity index (χ1v) is 9.74. The van der Waals surface area contributed by atoms with E-state index < -0.39 is 5.97 Å². The van der Waals surface area contributed by atoms with E-state index in [2.05, 4.69) is 5.32 Å². The third-order valence-electron chi connectivity index (χ3n) is 4.68. The van der Waals surface area contributed by atoms with E-state index in [1.807, 2.05) is 13.8 Å². The molecule has 0 spiro atoms. The zero-order valence-corrected chi connectivity index (χ0v) is 17.6. The van der Waals surface area contributed by atoms with Crippen LogP contribution in [0.5, 0.6) is 0 Å². The molecular weight excluding hydrogens is 397 g/mol. The number of hydrogen-bond acceptors (Lipinski definition) is 5. The zero-order valence-electron chi connectivity index (χ0n) is 15.2. The minimum Gasteiger partial charge on any atom is -0.462 e. The van der Waals surface area contributed by atoms with Crippen molar-refractivity contribution in [2.45, 2.75) is 34.6 Å². The lowest BCUT2D eigenvalue weighted by Gasteiger charge is -2.07. The fraction of sp³-hybridized carbons (Fsp3) is 0.500. The van der Waals surface area contributed by atoms with Gasteiger partial charge in [-0.25, -0.2) is 4.79 Å². The summed E-state index contributed by atoms with van der Waals surface area (Å²) in [6, 6.07) is 0. The van der Waals surface area contributed by atoms with Gasteiger partial charge in [0.05, 0.1) is 23.0 Å². The number of allylic oxidation sites excluding steroid dienone is 1. The minimum atomic E-state index is -0.556. The van der Waals surface area contributed by atoms with Crippen LogP contribution in [0, 0.1) is 24.2 Å². The number of thiophene rings is 1. The van der Waals surface area contributed by atoms with E-state index in [9.17, 15) is 14.4 Å². The molecule has 1 heterocycles. The minimum absolute atomic E-state index is 0.0909. The second-order valence-corrected chi connectivity index (χ2v) is 8.84. The second kappa shape index (κ2) is 7.71. The summed E-state index contributed by atoms with van der Waals surface area (Å²) in [5.41, 5.74) is 0.460. The maximum Gasteiger partial charge on any atom is 0.341 e. The number of ether oxygens (including phenoxy) is 1. The highest BCUT2D eigenvalue weighted by atomic mass is 35.5. The monoisotopic (exact) mass is 417 g/mol. The molecule has 2 rings (SSSR count). The van der Waals surface area contributed by atoms with Gasteiger partial charge in [-0.05, 0) is 43.7 Å². The van der Waals surface area contributed by atoms with E-state index in [-0.39, 0.29) is 45.6 Å². The summed E-state index contributed by atoms with van der Waals surface area (Å²) >= 11 is 12.5. The van der Waals surface area contributed by atoms with Crippen LogP contribution in [0.15, 0.2) is 10.6 Å². The lowest BCUT2D eigenvalue weighted by Crippen LogP contribution is -2.18. The molecule has 1 aliphatic carbocycles. The van der Waals surface area contributed by atoms with Gasteiger partial charge in [0.15, 0.2) is 5.78 Å². The molecule has 1 N–H and O–H groups in total. The number of carbonyl (C=O) groups is 3. The van der Waals surface area contributed by atoms with Gasteiger partial charge >= 0.3 is 5.97 Å². The Morgan fingerprint density at radius 3 is 2.42 bits per heavy atom. The molecule has 1 aromatic heterocycles. The summed E-state index contributed by atoms with van der Waals surface area (Å²) in [5.74, 6) is -1.38. The van der Waals surface area contributed by atoms with Gasteiger partial charge < -0.3 is 10.1 Å². The molecule has 1 aromatic rings. The third-order valence-corrected chi connectivity index (χ3v) is 6.24. The molecule has 1 aliphatic rings. The molecule has 26 heavy (non-hydrogen) atoms. The number of rotatable bonds is 6. The Kier molecular flexibility index (Phi) is 6.20. The standard InChI is InChI=1S/C18H21Cl2NO4S/c1-6-25-17(24)12-8(2)14(9(3)22)26-16(12)21-15(23)13-10(7-11(19)20)18(13,4)5/h7,10,13H,6H2,1-5H3,(H,21,23)/t10-,13+/m1/s1. The Morgan fingerprint density at radius 2 is 1.92 bits per heavy atom. The quantitative estimate of drug-likeness (QED) is 0.523. The molecule has 8 heteroatoms. The number of carbonyl (C=O) groups excluding carboxylic acids is 3. The largest absolute Gasteiger partial charge is 0.462 e. The Bertz CT molecular complexity index is 793. The van der Waals surface area contributed by atoms with Crippen molar-refractivity contribution in [2.24, 2.45) is 17.3 Å². The van der Waals surface area contributed by atoms with Crippen LogP contribution in [0.25, 0.3) is 0 Å². The van der Waals surface area contributed by atoms with Crippen LogP contribution in [0.2, 0.25) is 0 Å². The Balaban J connectivity index is 2.33. The predicted octanol–water partition coefficient (Wildman–Crippen LogP) is 4.97. The first-order valence-electron chi connectivity index (χ1n) is 8.17. The van der Waals surface area contributed by atoms with Crippen LogP contribution in [0.4, 0.5) is 5.00 Å². The second-order valence-electron chi connectivity index (χ2n) is 6.81. The van der Waals surface area contributed by atoms with E-state index in [0.717, 1.165) is 11.3 Å². The molecule has 0 unspecified atom stereocenters. The van der Waals surface area contributed by atoms with Crippen LogP contribution < -0.4 is 5.32 Å². The van der Waals surface area contributed by atoms with Gasteiger partial charge in [-0.2, -0.15) is 0 Å². The number of nitrogens with one attached hydrogen (secondary N) is 1. The van der Waals surface area contributed by atoms with Gasteiger partial charge in [0.1, 0.15) is 9.49 Å². The zero-order chi connectivity index (χ0) is 19.8. The highest BCUT2D eigenvalue weighted by Crippen LogP contribution is 2.60. The number of hydrogen-bond donors (Lipinski definition) is 1. The summed E-state index contributed by atoms with van der Waals surface area (Å²) in [4.78, 5) is 37.3. The van der Waals surface area contributed by atoms with Gasteiger partial charge in [-0.1, -0.05) is 37.0 Å². The van der Waals surface area contributed by atoms with Crippen LogP contribution >= 0.6 is 34.5 Å². The molecule has 1 saturated carbocycles. The van der Waals surface area contributed by atoms with E-state index in [1.54, 1.807) is 19.9 Å². The number of Topliss-reactive ketones (excluding diaryl/α,β-unsaturated/α-hetero) is 1. The number of halogens is 2. The number of anilines is 1. The topological polar surface area (TPSA) is 72.5 Å². The third kappa shape index (κ3) is 3.97. The van der Waals surface area contributed by atoms with E-state index in [4.69, 9.17) is 27.9 Å². The maximum atomic E-state index is 12.7. The molecule has 0 aliphatic heterocycles. The fourth-order valence-electron chi connectivity index (χ4n) is 3.20. The summed E-state index contributed by atoms with van der Waals surface area (Å²) < 4.78 is 5.20. The normalized spacial score (nSPS) is 20.3. The van der Waals surface area contributed by atoms with Gasteiger partial charge in [0.2, 0.25) is 5.91 Å². The summed E-state index contributed by atoms with van der Waals surface area (Å²) in [7, 11) is 0. The summed E-state index contributed by atoms with van der Waals surface area (Å²) in [5, 5.41) is 3.13. The molecule has 1 amide bonds.